The van der Waals surface area contributed by atoms with Gasteiger partial charge in [-0.2, -0.15) is 0 Å². The van der Waals surface area contributed by atoms with E-state index in [9.17, 15) is 0 Å². The summed E-state index contributed by atoms with van der Waals surface area (Å²) in [5.41, 5.74) is 3.24. The van der Waals surface area contributed by atoms with Crippen LogP contribution in [-0.2, 0) is 0 Å². The summed E-state index contributed by atoms with van der Waals surface area (Å²) in [7, 11) is 0. The first-order valence-corrected chi connectivity index (χ1v) is 8.12. The number of rotatable bonds is 3. The van der Waals surface area contributed by atoms with Gasteiger partial charge >= 0.3 is 0 Å². The molecule has 1 saturated carbocycles. The largest absolute Gasteiger partial charge is 0.365 e. The first kappa shape index (κ1) is 13.9. The average molecular weight is 272 g/mol. The minimum absolute atomic E-state index is 0.302. The molecule has 0 spiro atoms. The Labute approximate surface area is 123 Å². The second kappa shape index (κ2) is 5.07. The predicted molar refractivity (Wildman–Crippen MR) is 86.5 cm³/mol. The second-order valence-electron chi connectivity index (χ2n) is 7.26. The van der Waals surface area contributed by atoms with Crippen LogP contribution in [0.1, 0.15) is 52.0 Å². The molecule has 2 unspecified atom stereocenters. The first-order valence-electron chi connectivity index (χ1n) is 8.12. The highest BCUT2D eigenvalue weighted by molar-refractivity contribution is 5.56. The summed E-state index contributed by atoms with van der Waals surface area (Å²) >= 11 is 0. The third kappa shape index (κ3) is 2.46. The third-order valence-corrected chi connectivity index (χ3v) is 5.18. The topological polar surface area (TPSA) is 15.3 Å². The van der Waals surface area contributed by atoms with E-state index >= 15 is 0 Å². The zero-order valence-electron chi connectivity index (χ0n) is 13.3. The number of hydrogen-bond donors (Lipinski definition) is 1. The van der Waals surface area contributed by atoms with Gasteiger partial charge in [-0.25, -0.2) is 0 Å². The third-order valence-electron chi connectivity index (χ3n) is 5.18. The van der Waals surface area contributed by atoms with E-state index in [2.05, 4.69) is 62.2 Å². The Bertz CT molecular complexity index is 478. The van der Waals surface area contributed by atoms with Crippen molar-refractivity contribution in [3.8, 4) is 0 Å². The van der Waals surface area contributed by atoms with Crippen LogP contribution in [0.25, 0.3) is 0 Å². The molecule has 1 aliphatic carbocycles. The summed E-state index contributed by atoms with van der Waals surface area (Å²) in [6.45, 7) is 11.6. The maximum atomic E-state index is 3.81. The standard InChI is InChI=1S/C18H28N2/c1-13(2)16-7-5-6-8-17(16)20-12-18(4,15-9-10-15)19-11-14(20)3/h5-8,13-15,19H,9-12H2,1-4H3. The quantitative estimate of drug-likeness (QED) is 0.901. The van der Waals surface area contributed by atoms with Crippen LogP contribution in [0.3, 0.4) is 0 Å². The van der Waals surface area contributed by atoms with E-state index in [-0.39, 0.29) is 0 Å². The van der Waals surface area contributed by atoms with Gasteiger partial charge in [-0.15, -0.1) is 0 Å². The Morgan fingerprint density at radius 3 is 2.60 bits per heavy atom. The number of benzene rings is 1. The molecular formula is C18H28N2. The Kier molecular flexibility index (Phi) is 3.53. The smallest absolute Gasteiger partial charge is 0.0404 e. The van der Waals surface area contributed by atoms with Crippen molar-refractivity contribution in [2.24, 2.45) is 5.92 Å². The zero-order chi connectivity index (χ0) is 14.3. The van der Waals surface area contributed by atoms with Gasteiger partial charge in [0.25, 0.3) is 0 Å². The van der Waals surface area contributed by atoms with Gasteiger partial charge < -0.3 is 10.2 Å². The first-order chi connectivity index (χ1) is 9.51. The van der Waals surface area contributed by atoms with Crippen molar-refractivity contribution in [3.05, 3.63) is 29.8 Å². The van der Waals surface area contributed by atoms with E-state index in [0.717, 1.165) is 19.0 Å². The van der Waals surface area contributed by atoms with Gasteiger partial charge in [-0.3, -0.25) is 0 Å². The van der Waals surface area contributed by atoms with Crippen molar-refractivity contribution >= 4 is 5.69 Å². The molecule has 0 bridgehead atoms. The van der Waals surface area contributed by atoms with Gasteiger partial charge in [0, 0.05) is 30.4 Å². The fourth-order valence-corrected chi connectivity index (χ4v) is 3.61. The lowest BCUT2D eigenvalue weighted by atomic mass is 9.89. The van der Waals surface area contributed by atoms with E-state index < -0.39 is 0 Å². The van der Waals surface area contributed by atoms with Crippen LogP contribution < -0.4 is 10.2 Å². The van der Waals surface area contributed by atoms with Crippen molar-refractivity contribution < 1.29 is 0 Å². The average Bonchev–Trinajstić information content (AvgIpc) is 3.26. The van der Waals surface area contributed by atoms with Crippen molar-refractivity contribution in [3.63, 3.8) is 0 Å². The molecular weight excluding hydrogens is 244 g/mol. The summed E-state index contributed by atoms with van der Waals surface area (Å²) in [6.07, 6.45) is 2.80. The summed E-state index contributed by atoms with van der Waals surface area (Å²) < 4.78 is 0. The zero-order valence-corrected chi connectivity index (χ0v) is 13.3. The SMILES string of the molecule is CC(C)c1ccccc1N1CC(C)(C2CC2)NCC1C. The van der Waals surface area contributed by atoms with E-state index in [0.29, 0.717) is 17.5 Å². The molecule has 1 saturated heterocycles. The molecule has 0 aromatic heterocycles. The second-order valence-corrected chi connectivity index (χ2v) is 7.26. The van der Waals surface area contributed by atoms with Crippen LogP contribution in [0.2, 0.25) is 0 Å². The molecule has 20 heavy (non-hydrogen) atoms. The van der Waals surface area contributed by atoms with Crippen LogP contribution in [0, 0.1) is 5.92 Å². The van der Waals surface area contributed by atoms with Crippen molar-refractivity contribution in [2.75, 3.05) is 18.0 Å². The maximum Gasteiger partial charge on any atom is 0.0404 e. The molecule has 1 aliphatic heterocycles. The number of nitrogens with zero attached hydrogens (tertiary/aromatic N) is 1. The number of para-hydroxylation sites is 1. The molecule has 0 radical (unpaired) electrons. The molecule has 2 atom stereocenters. The molecule has 1 N–H and O–H groups in total. The van der Waals surface area contributed by atoms with Gasteiger partial charge in [0.1, 0.15) is 0 Å². The molecule has 2 heteroatoms. The number of hydrogen-bond acceptors (Lipinski definition) is 2. The number of piperazine rings is 1. The van der Waals surface area contributed by atoms with E-state index in [1.54, 1.807) is 0 Å². The van der Waals surface area contributed by atoms with Gasteiger partial charge in [0.2, 0.25) is 0 Å². The lowest BCUT2D eigenvalue weighted by Crippen LogP contribution is -2.63. The molecule has 2 nitrogen and oxygen atoms in total. The van der Waals surface area contributed by atoms with E-state index in [1.165, 1.54) is 24.1 Å². The van der Waals surface area contributed by atoms with Crippen molar-refractivity contribution in [1.29, 1.82) is 0 Å². The Balaban J connectivity index is 1.91. The number of anilines is 1. The van der Waals surface area contributed by atoms with Crippen LogP contribution >= 0.6 is 0 Å². The molecule has 1 aromatic carbocycles. The van der Waals surface area contributed by atoms with Gasteiger partial charge in [0.05, 0.1) is 0 Å². The number of nitrogens with one attached hydrogen (secondary N) is 1. The van der Waals surface area contributed by atoms with Crippen molar-refractivity contribution in [2.45, 2.75) is 58.0 Å². The molecule has 3 rings (SSSR count). The highest BCUT2D eigenvalue weighted by Gasteiger charge is 2.45. The van der Waals surface area contributed by atoms with Gasteiger partial charge in [0.15, 0.2) is 0 Å². The maximum absolute atomic E-state index is 3.81. The lowest BCUT2D eigenvalue weighted by molar-refractivity contribution is 0.260. The Morgan fingerprint density at radius 1 is 1.25 bits per heavy atom. The summed E-state index contributed by atoms with van der Waals surface area (Å²) in [5, 5.41) is 3.81. The van der Waals surface area contributed by atoms with E-state index in [1.807, 2.05) is 0 Å². The molecule has 1 aromatic rings. The minimum Gasteiger partial charge on any atom is -0.365 e. The van der Waals surface area contributed by atoms with Crippen LogP contribution in [0.5, 0.6) is 0 Å². The molecule has 2 aliphatic rings. The van der Waals surface area contributed by atoms with Crippen molar-refractivity contribution in [1.82, 2.24) is 5.32 Å². The minimum atomic E-state index is 0.302. The highest BCUT2D eigenvalue weighted by Crippen LogP contribution is 2.42. The molecule has 1 heterocycles. The fourth-order valence-electron chi connectivity index (χ4n) is 3.61. The molecule has 2 fully saturated rings. The summed E-state index contributed by atoms with van der Waals surface area (Å²) in [5.74, 6) is 1.46. The monoisotopic (exact) mass is 272 g/mol. The predicted octanol–water partition coefficient (Wildman–Crippen LogP) is 3.78. The van der Waals surface area contributed by atoms with Crippen LogP contribution in [0.15, 0.2) is 24.3 Å². The fraction of sp³-hybridized carbons (Fsp3) is 0.667. The Morgan fingerprint density at radius 2 is 1.95 bits per heavy atom. The van der Waals surface area contributed by atoms with Crippen LogP contribution in [-0.4, -0.2) is 24.7 Å². The summed E-state index contributed by atoms with van der Waals surface area (Å²) in [4.78, 5) is 2.64. The lowest BCUT2D eigenvalue weighted by Gasteiger charge is -2.47. The molecule has 110 valence electrons. The Hall–Kier alpha value is -1.02. The van der Waals surface area contributed by atoms with Crippen LogP contribution in [0.4, 0.5) is 5.69 Å². The normalized spacial score (nSPS) is 30.9. The van der Waals surface area contributed by atoms with E-state index in [4.69, 9.17) is 0 Å². The van der Waals surface area contributed by atoms with Gasteiger partial charge in [-0.1, -0.05) is 32.0 Å². The van der Waals surface area contributed by atoms with Gasteiger partial charge in [-0.05, 0) is 50.2 Å². The highest BCUT2D eigenvalue weighted by atomic mass is 15.3. The summed E-state index contributed by atoms with van der Waals surface area (Å²) in [6, 6.07) is 9.53. The molecule has 0 amide bonds.